The molecule has 3 heteroatoms. The molecule has 0 aliphatic heterocycles. The van der Waals surface area contributed by atoms with Gasteiger partial charge in [0.05, 0.1) is 0 Å². The molecule has 0 atom stereocenters. The number of unbranched alkanes of at least 4 members (excludes halogenated alkanes) is 5. The third-order valence-electron chi connectivity index (χ3n) is 3.62. The summed E-state index contributed by atoms with van der Waals surface area (Å²) in [6, 6.07) is 0. The lowest BCUT2D eigenvalue weighted by atomic mass is 10.0. The molecule has 118 valence electrons. The van der Waals surface area contributed by atoms with Gasteiger partial charge in [-0.3, -0.25) is 4.79 Å². The van der Waals surface area contributed by atoms with Gasteiger partial charge in [-0.15, -0.1) is 0 Å². The van der Waals surface area contributed by atoms with Gasteiger partial charge >= 0.3 is 0 Å². The first-order valence-corrected chi connectivity index (χ1v) is 8.19. The fourth-order valence-corrected chi connectivity index (χ4v) is 2.32. The van der Waals surface area contributed by atoms with Crippen molar-refractivity contribution in [2.45, 2.75) is 72.1 Å². The molecule has 0 aliphatic carbocycles. The molecule has 0 spiro atoms. The van der Waals surface area contributed by atoms with Gasteiger partial charge in [-0.25, -0.2) is 0 Å². The SMILES string of the molecule is CCCCCCCC/C(=C(\C)C(=O)NCCC)N(C)C. The predicted molar refractivity (Wildman–Crippen MR) is 87.7 cm³/mol. The first-order chi connectivity index (χ1) is 9.54. The molecule has 0 aromatic heterocycles. The van der Waals surface area contributed by atoms with Crippen LogP contribution >= 0.6 is 0 Å². The van der Waals surface area contributed by atoms with Crippen molar-refractivity contribution >= 4 is 5.91 Å². The van der Waals surface area contributed by atoms with E-state index in [1.165, 1.54) is 44.2 Å². The largest absolute Gasteiger partial charge is 0.381 e. The van der Waals surface area contributed by atoms with Gasteiger partial charge in [0.15, 0.2) is 0 Å². The topological polar surface area (TPSA) is 32.3 Å². The average molecular weight is 282 g/mol. The first kappa shape index (κ1) is 19.0. The summed E-state index contributed by atoms with van der Waals surface area (Å²) in [7, 11) is 4.06. The van der Waals surface area contributed by atoms with E-state index in [0.29, 0.717) is 0 Å². The van der Waals surface area contributed by atoms with Crippen LogP contribution in [0, 0.1) is 0 Å². The Morgan fingerprint density at radius 2 is 1.55 bits per heavy atom. The number of nitrogens with zero attached hydrogens (tertiary/aromatic N) is 1. The maximum atomic E-state index is 12.0. The molecule has 1 amide bonds. The van der Waals surface area contributed by atoms with Crippen LogP contribution in [0.5, 0.6) is 0 Å². The smallest absolute Gasteiger partial charge is 0.248 e. The molecule has 0 unspecified atom stereocenters. The van der Waals surface area contributed by atoms with Gasteiger partial charge in [-0.2, -0.15) is 0 Å². The fourth-order valence-electron chi connectivity index (χ4n) is 2.32. The Labute approximate surface area is 125 Å². The molecule has 3 nitrogen and oxygen atoms in total. The standard InChI is InChI=1S/C17H34N2O/c1-6-8-9-10-11-12-13-16(19(4)5)15(3)17(20)18-14-7-2/h6-14H2,1-5H3,(H,18,20)/b16-15-. The average Bonchev–Trinajstić information content (AvgIpc) is 2.42. The molecule has 0 saturated carbocycles. The number of hydrogen-bond donors (Lipinski definition) is 1. The third-order valence-corrected chi connectivity index (χ3v) is 3.62. The summed E-state index contributed by atoms with van der Waals surface area (Å²) >= 11 is 0. The number of carbonyl (C=O) groups is 1. The maximum Gasteiger partial charge on any atom is 0.248 e. The summed E-state index contributed by atoms with van der Waals surface area (Å²) in [5, 5.41) is 2.96. The number of allylic oxidation sites excluding steroid dienone is 1. The van der Waals surface area contributed by atoms with Crippen molar-refractivity contribution in [2.75, 3.05) is 20.6 Å². The Morgan fingerprint density at radius 3 is 2.10 bits per heavy atom. The van der Waals surface area contributed by atoms with E-state index in [0.717, 1.165) is 25.0 Å². The lowest BCUT2D eigenvalue weighted by molar-refractivity contribution is -0.117. The zero-order valence-electron chi connectivity index (χ0n) is 14.2. The molecule has 0 bridgehead atoms. The van der Waals surface area contributed by atoms with E-state index in [1.54, 1.807) is 0 Å². The predicted octanol–water partition coefficient (Wildman–Crippen LogP) is 4.10. The van der Waals surface area contributed by atoms with Gasteiger partial charge in [0.1, 0.15) is 0 Å². The summed E-state index contributed by atoms with van der Waals surface area (Å²) in [6.45, 7) is 7.01. The van der Waals surface area contributed by atoms with Gasteiger partial charge < -0.3 is 10.2 Å². The van der Waals surface area contributed by atoms with E-state index in [-0.39, 0.29) is 5.91 Å². The van der Waals surface area contributed by atoms with Crippen LogP contribution in [0.15, 0.2) is 11.3 Å². The third kappa shape index (κ3) is 8.23. The van der Waals surface area contributed by atoms with Crippen molar-refractivity contribution in [1.82, 2.24) is 10.2 Å². The van der Waals surface area contributed by atoms with Crippen LogP contribution in [0.1, 0.15) is 72.1 Å². The van der Waals surface area contributed by atoms with E-state index in [4.69, 9.17) is 0 Å². The second kappa shape index (κ2) is 11.8. The molecule has 0 radical (unpaired) electrons. The highest BCUT2D eigenvalue weighted by Gasteiger charge is 2.11. The van der Waals surface area contributed by atoms with Gasteiger partial charge in [0, 0.05) is 31.9 Å². The zero-order valence-corrected chi connectivity index (χ0v) is 14.2. The highest BCUT2D eigenvalue weighted by atomic mass is 16.1. The van der Waals surface area contributed by atoms with Crippen LogP contribution < -0.4 is 5.32 Å². The van der Waals surface area contributed by atoms with Crippen molar-refractivity contribution in [1.29, 1.82) is 0 Å². The highest BCUT2D eigenvalue weighted by Crippen LogP contribution is 2.17. The monoisotopic (exact) mass is 282 g/mol. The molecule has 0 rings (SSSR count). The number of amides is 1. The Balaban J connectivity index is 4.29. The van der Waals surface area contributed by atoms with E-state index in [2.05, 4.69) is 24.1 Å². The normalized spacial score (nSPS) is 12.1. The summed E-state index contributed by atoms with van der Waals surface area (Å²) < 4.78 is 0. The maximum absolute atomic E-state index is 12.0. The quantitative estimate of drug-likeness (QED) is 0.457. The van der Waals surface area contributed by atoms with Crippen molar-refractivity contribution in [3.05, 3.63) is 11.3 Å². The molecule has 1 N–H and O–H groups in total. The minimum atomic E-state index is 0.0848. The van der Waals surface area contributed by atoms with Crippen molar-refractivity contribution in [3.63, 3.8) is 0 Å². The summed E-state index contributed by atoms with van der Waals surface area (Å²) in [5.41, 5.74) is 2.05. The molecule has 0 aliphatic rings. The molecule has 0 aromatic carbocycles. The summed E-state index contributed by atoms with van der Waals surface area (Å²) in [4.78, 5) is 14.1. The molecule has 20 heavy (non-hydrogen) atoms. The zero-order chi connectivity index (χ0) is 15.4. The minimum Gasteiger partial charge on any atom is -0.381 e. The van der Waals surface area contributed by atoms with Crippen LogP contribution in [0.25, 0.3) is 0 Å². The number of nitrogens with one attached hydrogen (secondary N) is 1. The molecule has 0 saturated heterocycles. The second-order valence-electron chi connectivity index (χ2n) is 5.74. The molecule has 0 fully saturated rings. The van der Waals surface area contributed by atoms with E-state index < -0.39 is 0 Å². The van der Waals surface area contributed by atoms with Crippen molar-refractivity contribution in [2.24, 2.45) is 0 Å². The molecular formula is C17H34N2O. The minimum absolute atomic E-state index is 0.0848. The summed E-state index contributed by atoms with van der Waals surface area (Å²) in [5.74, 6) is 0.0848. The van der Waals surface area contributed by atoms with Gasteiger partial charge in [-0.05, 0) is 26.2 Å². The Morgan fingerprint density at radius 1 is 0.950 bits per heavy atom. The van der Waals surface area contributed by atoms with E-state index in [9.17, 15) is 4.79 Å². The second-order valence-corrected chi connectivity index (χ2v) is 5.74. The molecular weight excluding hydrogens is 248 g/mol. The van der Waals surface area contributed by atoms with Crippen LogP contribution in [-0.4, -0.2) is 31.4 Å². The van der Waals surface area contributed by atoms with Crippen molar-refractivity contribution < 1.29 is 4.79 Å². The van der Waals surface area contributed by atoms with Gasteiger partial charge in [0.25, 0.3) is 0 Å². The lowest BCUT2D eigenvalue weighted by Crippen LogP contribution is -2.27. The highest BCUT2D eigenvalue weighted by molar-refractivity contribution is 5.93. The van der Waals surface area contributed by atoms with Gasteiger partial charge in [-0.1, -0.05) is 46.0 Å². The Bertz CT molecular complexity index is 295. The molecule has 0 heterocycles. The number of hydrogen-bond acceptors (Lipinski definition) is 2. The fraction of sp³-hybridized carbons (Fsp3) is 0.824. The van der Waals surface area contributed by atoms with Crippen LogP contribution in [-0.2, 0) is 4.79 Å². The number of rotatable bonds is 11. The van der Waals surface area contributed by atoms with Crippen LogP contribution in [0.2, 0.25) is 0 Å². The summed E-state index contributed by atoms with van der Waals surface area (Å²) in [6.07, 6.45) is 9.71. The van der Waals surface area contributed by atoms with Crippen molar-refractivity contribution in [3.8, 4) is 0 Å². The van der Waals surface area contributed by atoms with Crippen LogP contribution in [0.3, 0.4) is 0 Å². The van der Waals surface area contributed by atoms with E-state index in [1.807, 2.05) is 21.0 Å². The van der Waals surface area contributed by atoms with E-state index >= 15 is 0 Å². The van der Waals surface area contributed by atoms with Gasteiger partial charge in [0.2, 0.25) is 5.91 Å². The first-order valence-electron chi connectivity index (χ1n) is 8.19. The van der Waals surface area contributed by atoms with Crippen LogP contribution in [0.4, 0.5) is 0 Å². The molecule has 0 aromatic rings. The Kier molecular flexibility index (Phi) is 11.2. The number of carbonyl (C=O) groups excluding carboxylic acids is 1. The lowest BCUT2D eigenvalue weighted by Gasteiger charge is -2.20. The Hall–Kier alpha value is -0.990.